The van der Waals surface area contributed by atoms with Crippen LogP contribution < -0.4 is 5.32 Å². The van der Waals surface area contributed by atoms with Gasteiger partial charge in [-0.25, -0.2) is 18.7 Å². The Morgan fingerprint density at radius 2 is 1.76 bits per heavy atom. The monoisotopic (exact) mass is 494 g/mol. The molecule has 9 heteroatoms. The van der Waals surface area contributed by atoms with Crippen LogP contribution in [0.25, 0.3) is 21.1 Å². The zero-order chi connectivity index (χ0) is 24.7. The van der Waals surface area contributed by atoms with Crippen LogP contribution in [-0.2, 0) is 12.8 Å². The second kappa shape index (κ2) is 11.4. The van der Waals surface area contributed by atoms with Gasteiger partial charge < -0.3 is 0 Å². The Morgan fingerprint density at radius 3 is 2.44 bits per heavy atom. The molecule has 0 spiro atoms. The largest absolute Gasteiger partial charge is 0.298 e. The Balaban J connectivity index is 0.000000771. The van der Waals surface area contributed by atoms with Crippen LogP contribution in [0.4, 0.5) is 13.9 Å². The third-order valence-corrected chi connectivity index (χ3v) is 6.93. The molecule has 0 aliphatic heterocycles. The Morgan fingerprint density at radius 1 is 1.03 bits per heavy atom. The van der Waals surface area contributed by atoms with E-state index in [0.717, 1.165) is 63.1 Å². The van der Waals surface area contributed by atoms with Gasteiger partial charge >= 0.3 is 0 Å². The smallest absolute Gasteiger partial charge is 0.263 e. The van der Waals surface area contributed by atoms with E-state index < -0.39 is 23.1 Å². The number of carbonyl (C=O) groups excluding carboxylic acids is 1. The predicted molar refractivity (Wildman–Crippen MR) is 134 cm³/mol. The summed E-state index contributed by atoms with van der Waals surface area (Å²) >= 11 is 2.91. The molecule has 1 amide bonds. The average molecular weight is 495 g/mol. The zero-order valence-electron chi connectivity index (χ0n) is 18.1. The average Bonchev–Trinajstić information content (AvgIpc) is 3.42. The lowest BCUT2D eigenvalue weighted by Crippen LogP contribution is -2.15. The molecule has 1 aliphatic rings. The van der Waals surface area contributed by atoms with E-state index >= 15 is 0 Å². The van der Waals surface area contributed by atoms with Crippen molar-refractivity contribution in [3.63, 3.8) is 0 Å². The van der Waals surface area contributed by atoms with Crippen LogP contribution in [-0.4, -0.2) is 20.9 Å². The van der Waals surface area contributed by atoms with E-state index in [9.17, 15) is 13.6 Å². The minimum absolute atomic E-state index is 0.302. The van der Waals surface area contributed by atoms with Crippen LogP contribution in [0.2, 0.25) is 0 Å². The van der Waals surface area contributed by atoms with Crippen molar-refractivity contribution >= 4 is 33.7 Å². The number of anilines is 1. The molecule has 1 aliphatic carbocycles. The summed E-state index contributed by atoms with van der Waals surface area (Å²) in [5.74, 6) is -2.67. The number of hydrogen-bond donors (Lipinski definition) is 1. The number of aryl methyl sites for hydroxylation is 2. The number of rotatable bonds is 3. The molecule has 1 N–H and O–H groups in total. The van der Waals surface area contributed by atoms with Gasteiger partial charge in [-0.2, -0.15) is 0 Å². The number of nitrogens with one attached hydrogen (secondary N) is 1. The Bertz CT molecular complexity index is 1290. The van der Waals surface area contributed by atoms with Gasteiger partial charge in [0.2, 0.25) is 0 Å². The van der Waals surface area contributed by atoms with Crippen molar-refractivity contribution in [2.24, 2.45) is 0 Å². The molecule has 0 radical (unpaired) electrons. The third-order valence-electron chi connectivity index (χ3n) is 4.75. The number of nitrogens with zero attached hydrogens (tertiary/aromatic N) is 3. The Hall–Kier alpha value is -3.74. The standard InChI is InChI=1S/C21H14F2N4OS2.C2H4.C2H2/c22-12-5-1-6-13(23)16(12)19(28)27-21-25-14-7-2-8-15-17(18(14)30-21)26-20(29-15)11-4-3-9-24-10-11;2*1-2/h1,3-6,9-10H,2,7-8H2,(H,25,27,28);1-2H2;1-2H. The number of benzene rings is 1. The summed E-state index contributed by atoms with van der Waals surface area (Å²) in [5.41, 5.74) is 2.04. The van der Waals surface area contributed by atoms with Gasteiger partial charge in [-0.15, -0.1) is 37.3 Å². The SMILES string of the molecule is C#C.C=C.O=C(Nc1nc2c(s1)-c1nc(-c3cccnc3)sc1CCC2)c1c(F)cccc1F. The number of aromatic nitrogens is 3. The molecule has 0 bridgehead atoms. The highest BCUT2D eigenvalue weighted by Gasteiger charge is 2.25. The van der Waals surface area contributed by atoms with Crippen LogP contribution in [0.15, 0.2) is 55.9 Å². The van der Waals surface area contributed by atoms with Gasteiger partial charge in [-0.1, -0.05) is 17.4 Å². The van der Waals surface area contributed by atoms with E-state index in [0.29, 0.717) is 5.13 Å². The molecular weight excluding hydrogens is 474 g/mol. The van der Waals surface area contributed by atoms with E-state index in [1.54, 1.807) is 23.7 Å². The quantitative estimate of drug-likeness (QED) is 0.264. The van der Waals surface area contributed by atoms with Crippen molar-refractivity contribution in [3.8, 4) is 34.0 Å². The summed E-state index contributed by atoms with van der Waals surface area (Å²) in [5, 5.41) is 3.73. The van der Waals surface area contributed by atoms with Crippen molar-refractivity contribution in [2.45, 2.75) is 19.3 Å². The van der Waals surface area contributed by atoms with Gasteiger partial charge in [-0.3, -0.25) is 15.1 Å². The number of pyridine rings is 1. The van der Waals surface area contributed by atoms with Gasteiger partial charge in [0.05, 0.1) is 16.3 Å². The second-order valence-corrected chi connectivity index (χ2v) is 8.81. The van der Waals surface area contributed by atoms with Crippen LogP contribution in [0.5, 0.6) is 0 Å². The third kappa shape index (κ3) is 5.09. The molecule has 4 aromatic rings. The van der Waals surface area contributed by atoms with Crippen molar-refractivity contribution in [1.82, 2.24) is 15.0 Å². The van der Waals surface area contributed by atoms with E-state index in [1.807, 2.05) is 12.1 Å². The maximum atomic E-state index is 13.9. The van der Waals surface area contributed by atoms with Crippen molar-refractivity contribution in [1.29, 1.82) is 0 Å². The van der Waals surface area contributed by atoms with Crippen molar-refractivity contribution in [3.05, 3.63) is 83.7 Å². The van der Waals surface area contributed by atoms with Gasteiger partial charge in [0.1, 0.15) is 22.2 Å². The Kier molecular flexibility index (Phi) is 8.35. The summed E-state index contributed by atoms with van der Waals surface area (Å²) in [4.78, 5) is 28.0. The summed E-state index contributed by atoms with van der Waals surface area (Å²) in [7, 11) is 0. The van der Waals surface area contributed by atoms with E-state index in [1.165, 1.54) is 17.4 Å². The molecule has 0 atom stereocenters. The lowest BCUT2D eigenvalue weighted by Gasteiger charge is -2.04. The number of terminal acetylenes is 1. The molecule has 172 valence electrons. The van der Waals surface area contributed by atoms with Crippen LogP contribution in [0.1, 0.15) is 27.3 Å². The summed E-state index contributed by atoms with van der Waals surface area (Å²) in [6.07, 6.45) is 14.1. The molecule has 34 heavy (non-hydrogen) atoms. The molecule has 1 aromatic carbocycles. The first-order valence-electron chi connectivity index (χ1n) is 10.1. The van der Waals surface area contributed by atoms with Crippen LogP contribution in [0.3, 0.4) is 0 Å². The minimum atomic E-state index is -0.909. The fourth-order valence-corrected chi connectivity index (χ4v) is 5.55. The lowest BCUT2D eigenvalue weighted by atomic mass is 10.2. The number of carbonyl (C=O) groups is 1. The number of thiazole rings is 2. The highest BCUT2D eigenvalue weighted by Crippen LogP contribution is 2.42. The van der Waals surface area contributed by atoms with Gasteiger partial charge in [-0.05, 0) is 43.5 Å². The van der Waals surface area contributed by atoms with E-state index in [2.05, 4.69) is 41.3 Å². The highest BCUT2D eigenvalue weighted by atomic mass is 32.1. The number of amides is 1. The maximum Gasteiger partial charge on any atom is 0.263 e. The molecule has 5 nitrogen and oxygen atoms in total. The number of hydrogen-bond acceptors (Lipinski definition) is 6. The maximum absolute atomic E-state index is 13.9. The molecule has 0 saturated carbocycles. The van der Waals surface area contributed by atoms with Gasteiger partial charge in [0.25, 0.3) is 5.91 Å². The molecule has 0 fully saturated rings. The van der Waals surface area contributed by atoms with E-state index in [4.69, 9.17) is 4.98 Å². The summed E-state index contributed by atoms with van der Waals surface area (Å²) in [6.45, 7) is 6.00. The zero-order valence-corrected chi connectivity index (χ0v) is 19.7. The molecule has 3 aromatic heterocycles. The lowest BCUT2D eigenvalue weighted by molar-refractivity contribution is 0.101. The number of halogens is 2. The fourth-order valence-electron chi connectivity index (χ4n) is 3.36. The molecular formula is C25H20F2N4OS2. The van der Waals surface area contributed by atoms with E-state index in [-0.39, 0.29) is 0 Å². The first-order chi connectivity index (χ1) is 16.6. The van der Waals surface area contributed by atoms with Crippen molar-refractivity contribution in [2.75, 3.05) is 5.32 Å². The summed E-state index contributed by atoms with van der Waals surface area (Å²) < 4.78 is 27.8. The minimum Gasteiger partial charge on any atom is -0.298 e. The first kappa shape index (κ1) is 24.9. The molecule has 0 saturated heterocycles. The predicted octanol–water partition coefficient (Wildman–Crippen LogP) is 6.40. The topological polar surface area (TPSA) is 67.8 Å². The first-order valence-corrected chi connectivity index (χ1v) is 11.7. The van der Waals surface area contributed by atoms with Crippen LogP contribution >= 0.6 is 22.7 Å². The molecule has 0 unspecified atom stereocenters. The number of fused-ring (bicyclic) bond motifs is 3. The van der Waals surface area contributed by atoms with Gasteiger partial charge in [0.15, 0.2) is 5.13 Å². The fraction of sp³-hybridized carbons (Fsp3) is 0.120. The van der Waals surface area contributed by atoms with Crippen LogP contribution in [0, 0.1) is 24.5 Å². The highest BCUT2D eigenvalue weighted by molar-refractivity contribution is 7.20. The molecule has 5 rings (SSSR count). The molecule has 3 heterocycles. The summed E-state index contributed by atoms with van der Waals surface area (Å²) in [6, 6.07) is 7.16. The Labute approximate surface area is 204 Å². The second-order valence-electron chi connectivity index (χ2n) is 6.73. The van der Waals surface area contributed by atoms with Gasteiger partial charge in [0, 0.05) is 22.8 Å². The van der Waals surface area contributed by atoms with Crippen molar-refractivity contribution < 1.29 is 13.6 Å². The normalized spacial score (nSPS) is 11.4.